The van der Waals surface area contributed by atoms with Gasteiger partial charge in [-0.15, -0.1) is 0 Å². The quantitative estimate of drug-likeness (QED) is 0.661. The van der Waals surface area contributed by atoms with Crippen molar-refractivity contribution < 1.29 is 9.59 Å². The summed E-state index contributed by atoms with van der Waals surface area (Å²) >= 11 is 0. The van der Waals surface area contributed by atoms with Gasteiger partial charge in [-0.25, -0.2) is 0 Å². The number of anilines is 2. The summed E-state index contributed by atoms with van der Waals surface area (Å²) in [6.45, 7) is 3.40. The predicted molar refractivity (Wildman–Crippen MR) is 121 cm³/mol. The van der Waals surface area contributed by atoms with Crippen molar-refractivity contribution in [3.05, 3.63) is 72.8 Å². The van der Waals surface area contributed by atoms with Gasteiger partial charge >= 0.3 is 0 Å². The lowest BCUT2D eigenvalue weighted by atomic mass is 9.94. The lowest BCUT2D eigenvalue weighted by molar-refractivity contribution is -0.123. The second-order valence-corrected chi connectivity index (χ2v) is 7.86. The third-order valence-electron chi connectivity index (χ3n) is 5.92. The van der Waals surface area contributed by atoms with E-state index in [1.54, 1.807) is 0 Å². The molecule has 1 saturated heterocycles. The molecule has 0 radical (unpaired) electrons. The zero-order valence-electron chi connectivity index (χ0n) is 17.2. The molecule has 0 aliphatic carbocycles. The van der Waals surface area contributed by atoms with Crippen molar-refractivity contribution >= 4 is 34.0 Å². The summed E-state index contributed by atoms with van der Waals surface area (Å²) in [4.78, 5) is 27.6. The van der Waals surface area contributed by atoms with E-state index in [1.165, 1.54) is 0 Å². The number of fused-ring (bicyclic) bond motifs is 1. The maximum absolute atomic E-state index is 12.9. The summed E-state index contributed by atoms with van der Waals surface area (Å²) in [5.41, 5.74) is 1.66. The van der Waals surface area contributed by atoms with Crippen LogP contribution in [0.15, 0.2) is 72.8 Å². The average Bonchev–Trinajstić information content (AvgIpc) is 2.79. The first-order chi connectivity index (χ1) is 14.6. The Morgan fingerprint density at radius 3 is 2.30 bits per heavy atom. The summed E-state index contributed by atoms with van der Waals surface area (Å²) in [5, 5.41) is 8.22. The van der Waals surface area contributed by atoms with E-state index in [9.17, 15) is 9.59 Å². The molecular weight excluding hydrogens is 374 g/mol. The van der Waals surface area contributed by atoms with Gasteiger partial charge in [0.2, 0.25) is 11.8 Å². The summed E-state index contributed by atoms with van der Waals surface area (Å²) in [6.07, 6.45) is 1.51. The van der Waals surface area contributed by atoms with Crippen molar-refractivity contribution in [3.63, 3.8) is 0 Å². The van der Waals surface area contributed by atoms with E-state index in [0.29, 0.717) is 0 Å². The number of para-hydroxylation sites is 1. The van der Waals surface area contributed by atoms with Crippen molar-refractivity contribution in [1.29, 1.82) is 0 Å². The number of nitrogens with zero attached hydrogens (tertiary/aromatic N) is 1. The van der Waals surface area contributed by atoms with Gasteiger partial charge in [-0.3, -0.25) is 14.5 Å². The molecule has 30 heavy (non-hydrogen) atoms. The van der Waals surface area contributed by atoms with Gasteiger partial charge in [0, 0.05) is 22.7 Å². The molecule has 154 valence electrons. The Bertz CT molecular complexity index is 1020. The minimum Gasteiger partial charge on any atom is -0.326 e. The maximum atomic E-state index is 12.9. The number of hydrogen-bond donors (Lipinski definition) is 2. The van der Waals surface area contributed by atoms with Crippen LogP contribution in [0.1, 0.15) is 19.8 Å². The van der Waals surface area contributed by atoms with Crippen LogP contribution in [-0.4, -0.2) is 35.8 Å². The Labute approximate surface area is 177 Å². The van der Waals surface area contributed by atoms with E-state index in [0.717, 1.165) is 48.1 Å². The van der Waals surface area contributed by atoms with Gasteiger partial charge in [0.15, 0.2) is 0 Å². The van der Waals surface area contributed by atoms with E-state index in [2.05, 4.69) is 15.5 Å². The lowest BCUT2D eigenvalue weighted by Gasteiger charge is -2.34. The highest BCUT2D eigenvalue weighted by Crippen LogP contribution is 2.25. The summed E-state index contributed by atoms with van der Waals surface area (Å²) < 4.78 is 0. The van der Waals surface area contributed by atoms with Crippen molar-refractivity contribution in [3.8, 4) is 0 Å². The Morgan fingerprint density at radius 1 is 0.867 bits per heavy atom. The molecule has 3 aromatic carbocycles. The molecule has 1 unspecified atom stereocenters. The molecule has 2 N–H and O–H groups in total. The van der Waals surface area contributed by atoms with Crippen molar-refractivity contribution in [2.24, 2.45) is 5.92 Å². The number of hydrogen-bond acceptors (Lipinski definition) is 3. The Morgan fingerprint density at radius 2 is 1.53 bits per heavy atom. The van der Waals surface area contributed by atoms with Crippen LogP contribution < -0.4 is 10.6 Å². The monoisotopic (exact) mass is 401 g/mol. The van der Waals surface area contributed by atoms with E-state index >= 15 is 0 Å². The molecule has 1 aliphatic heterocycles. The number of carbonyl (C=O) groups is 2. The normalized spacial score (nSPS) is 16.2. The molecule has 1 heterocycles. The molecule has 5 heteroatoms. The summed E-state index contributed by atoms with van der Waals surface area (Å²) in [7, 11) is 0. The fourth-order valence-electron chi connectivity index (χ4n) is 4.05. The second kappa shape index (κ2) is 9.09. The third-order valence-corrected chi connectivity index (χ3v) is 5.92. The fourth-order valence-corrected chi connectivity index (χ4v) is 4.05. The van der Waals surface area contributed by atoms with Gasteiger partial charge in [-0.05, 0) is 56.4 Å². The van der Waals surface area contributed by atoms with Crippen LogP contribution >= 0.6 is 0 Å². The van der Waals surface area contributed by atoms with Crippen LogP contribution in [0, 0.1) is 5.92 Å². The van der Waals surface area contributed by atoms with Gasteiger partial charge in [0.1, 0.15) is 0 Å². The van der Waals surface area contributed by atoms with E-state index in [-0.39, 0.29) is 23.8 Å². The van der Waals surface area contributed by atoms with Gasteiger partial charge < -0.3 is 10.6 Å². The molecule has 4 rings (SSSR count). The number of likely N-dealkylation sites (tertiary alicyclic amines) is 1. The number of piperidine rings is 1. The smallest absolute Gasteiger partial charge is 0.241 e. The highest BCUT2D eigenvalue weighted by Gasteiger charge is 2.30. The molecule has 3 aromatic rings. The van der Waals surface area contributed by atoms with Crippen molar-refractivity contribution in [2.45, 2.75) is 25.8 Å². The number of rotatable bonds is 5. The van der Waals surface area contributed by atoms with Crippen LogP contribution in [0.25, 0.3) is 10.8 Å². The zero-order chi connectivity index (χ0) is 20.9. The highest BCUT2D eigenvalue weighted by atomic mass is 16.2. The third kappa shape index (κ3) is 4.52. The van der Waals surface area contributed by atoms with Gasteiger partial charge in [0.25, 0.3) is 0 Å². The predicted octanol–water partition coefficient (Wildman–Crippen LogP) is 4.52. The molecule has 1 aliphatic rings. The molecule has 0 spiro atoms. The van der Waals surface area contributed by atoms with Crippen molar-refractivity contribution in [1.82, 2.24) is 4.90 Å². The minimum atomic E-state index is -0.248. The summed E-state index contributed by atoms with van der Waals surface area (Å²) in [5.74, 6) is 0.0297. The molecule has 1 fully saturated rings. The van der Waals surface area contributed by atoms with Gasteiger partial charge in [0.05, 0.1) is 6.04 Å². The van der Waals surface area contributed by atoms with Crippen molar-refractivity contribution in [2.75, 3.05) is 23.7 Å². The van der Waals surface area contributed by atoms with Crippen LogP contribution in [0.4, 0.5) is 11.4 Å². The highest BCUT2D eigenvalue weighted by molar-refractivity contribution is 6.03. The number of benzene rings is 3. The SMILES string of the molecule is CC(C(=O)Nc1cccc2ccccc12)N1CCC(C(=O)Nc2ccccc2)CC1. The maximum Gasteiger partial charge on any atom is 0.241 e. The summed E-state index contributed by atoms with van der Waals surface area (Å²) in [6, 6.07) is 23.3. The van der Waals surface area contributed by atoms with Crippen LogP contribution in [0.5, 0.6) is 0 Å². The zero-order valence-corrected chi connectivity index (χ0v) is 17.2. The lowest BCUT2D eigenvalue weighted by Crippen LogP contribution is -2.47. The molecule has 2 amide bonds. The largest absolute Gasteiger partial charge is 0.326 e. The molecule has 0 aromatic heterocycles. The number of carbonyl (C=O) groups excluding carboxylic acids is 2. The van der Waals surface area contributed by atoms with Gasteiger partial charge in [-0.2, -0.15) is 0 Å². The first kappa shape index (κ1) is 20.1. The van der Waals surface area contributed by atoms with Gasteiger partial charge in [-0.1, -0.05) is 54.6 Å². The second-order valence-electron chi connectivity index (χ2n) is 7.86. The van der Waals surface area contributed by atoms with E-state index < -0.39 is 0 Å². The standard InChI is InChI=1S/C25H27N3O2/c1-18(24(29)27-23-13-7-9-19-8-5-6-12-22(19)23)28-16-14-20(15-17-28)25(30)26-21-10-3-2-4-11-21/h2-13,18,20H,14-17H2,1H3,(H,26,30)(H,27,29). The topological polar surface area (TPSA) is 61.4 Å². The molecule has 0 saturated carbocycles. The first-order valence-electron chi connectivity index (χ1n) is 10.5. The average molecular weight is 402 g/mol. The van der Waals surface area contributed by atoms with Crippen LogP contribution in [0.2, 0.25) is 0 Å². The minimum absolute atomic E-state index is 0.0152. The van der Waals surface area contributed by atoms with Crippen LogP contribution in [-0.2, 0) is 9.59 Å². The van der Waals surface area contributed by atoms with Crippen LogP contribution in [0.3, 0.4) is 0 Å². The first-order valence-corrected chi connectivity index (χ1v) is 10.5. The molecule has 1 atom stereocenters. The number of nitrogens with one attached hydrogen (secondary N) is 2. The van der Waals surface area contributed by atoms with E-state index in [4.69, 9.17) is 0 Å². The van der Waals surface area contributed by atoms with E-state index in [1.807, 2.05) is 79.7 Å². The number of amides is 2. The Kier molecular flexibility index (Phi) is 6.10. The fraction of sp³-hybridized carbons (Fsp3) is 0.280. The Balaban J connectivity index is 1.33. The Hall–Kier alpha value is -3.18. The molecule has 5 nitrogen and oxygen atoms in total. The molecular formula is C25H27N3O2. The molecule has 0 bridgehead atoms.